The first-order valence-electron chi connectivity index (χ1n) is 5.89. The predicted molar refractivity (Wildman–Crippen MR) is 66.2 cm³/mol. The molecule has 1 heterocycles. The second kappa shape index (κ2) is 4.87. The fraction of sp³-hybridized carbons (Fsp3) is 0.700. The van der Waals surface area contributed by atoms with Crippen molar-refractivity contribution in [1.82, 2.24) is 14.3 Å². The highest BCUT2D eigenvalue weighted by molar-refractivity contribution is 7.89. The highest BCUT2D eigenvalue weighted by Gasteiger charge is 2.30. The number of aromatic nitrogens is 2. The third-order valence-electron chi connectivity index (χ3n) is 3.20. The van der Waals surface area contributed by atoms with Crippen LogP contribution in [0.1, 0.15) is 25.7 Å². The summed E-state index contributed by atoms with van der Waals surface area (Å²) in [7, 11) is -2.18. The highest BCUT2D eigenvalue weighted by atomic mass is 32.2. The van der Waals surface area contributed by atoms with E-state index in [1.165, 1.54) is 10.9 Å². The van der Waals surface area contributed by atoms with Gasteiger partial charge in [-0.15, -0.1) is 0 Å². The molecule has 1 aromatic heterocycles. The summed E-state index contributed by atoms with van der Waals surface area (Å²) in [6.45, 7) is 0. The van der Waals surface area contributed by atoms with Crippen molar-refractivity contribution in [2.75, 3.05) is 5.73 Å². The number of nitrogens with two attached hydrogens (primary N) is 1. The molecule has 0 aromatic carbocycles. The lowest BCUT2D eigenvalue weighted by atomic mass is 9.93. The van der Waals surface area contributed by atoms with Gasteiger partial charge in [0.25, 0.3) is 10.0 Å². The molecule has 2 unspecified atom stereocenters. The lowest BCUT2D eigenvalue weighted by Gasteiger charge is -2.28. The summed E-state index contributed by atoms with van der Waals surface area (Å²) in [5.41, 5.74) is 5.55. The monoisotopic (exact) mass is 274 g/mol. The average Bonchev–Trinajstić information content (AvgIpc) is 2.62. The number of hydrogen-bond acceptors (Lipinski definition) is 5. The van der Waals surface area contributed by atoms with Gasteiger partial charge in [-0.25, -0.2) is 18.1 Å². The molecule has 7 nitrogen and oxygen atoms in total. The van der Waals surface area contributed by atoms with Crippen LogP contribution in [0.15, 0.2) is 11.4 Å². The van der Waals surface area contributed by atoms with Gasteiger partial charge in [0.15, 0.2) is 10.8 Å². The SMILES string of the molecule is Cn1cnc(N)c1S(=O)(=O)NC1CCCCC1O. The summed E-state index contributed by atoms with van der Waals surface area (Å²) in [5.74, 6) is -0.0321. The van der Waals surface area contributed by atoms with Gasteiger partial charge in [-0.2, -0.15) is 0 Å². The van der Waals surface area contributed by atoms with Crippen LogP contribution < -0.4 is 10.5 Å². The van der Waals surface area contributed by atoms with Gasteiger partial charge in [0.1, 0.15) is 0 Å². The third-order valence-corrected chi connectivity index (χ3v) is 4.82. The first-order chi connectivity index (χ1) is 8.42. The van der Waals surface area contributed by atoms with Gasteiger partial charge in [-0.05, 0) is 12.8 Å². The van der Waals surface area contributed by atoms with Crippen LogP contribution in [0.2, 0.25) is 0 Å². The summed E-state index contributed by atoms with van der Waals surface area (Å²) >= 11 is 0. The van der Waals surface area contributed by atoms with E-state index >= 15 is 0 Å². The van der Waals surface area contributed by atoms with Gasteiger partial charge in [0.2, 0.25) is 0 Å². The molecule has 0 aliphatic heterocycles. The first kappa shape index (κ1) is 13.3. The number of imidazole rings is 1. The molecule has 18 heavy (non-hydrogen) atoms. The summed E-state index contributed by atoms with van der Waals surface area (Å²) in [6.07, 6.45) is 3.80. The summed E-state index contributed by atoms with van der Waals surface area (Å²) in [4.78, 5) is 3.75. The van der Waals surface area contributed by atoms with Crippen LogP contribution in [0.3, 0.4) is 0 Å². The van der Waals surface area contributed by atoms with E-state index in [0.717, 1.165) is 12.8 Å². The molecule has 1 aromatic rings. The Balaban J connectivity index is 2.22. The van der Waals surface area contributed by atoms with E-state index < -0.39 is 22.2 Å². The van der Waals surface area contributed by atoms with Gasteiger partial charge in [-0.1, -0.05) is 12.8 Å². The number of anilines is 1. The van der Waals surface area contributed by atoms with Crippen LogP contribution >= 0.6 is 0 Å². The molecule has 0 radical (unpaired) electrons. The number of aryl methyl sites for hydroxylation is 1. The van der Waals surface area contributed by atoms with Gasteiger partial charge in [0.05, 0.1) is 12.4 Å². The van der Waals surface area contributed by atoms with Crippen molar-refractivity contribution in [2.24, 2.45) is 7.05 Å². The van der Waals surface area contributed by atoms with Crippen molar-refractivity contribution in [3.05, 3.63) is 6.33 Å². The van der Waals surface area contributed by atoms with Crippen molar-refractivity contribution >= 4 is 15.8 Å². The zero-order valence-corrected chi connectivity index (χ0v) is 11.0. The number of rotatable bonds is 3. The van der Waals surface area contributed by atoms with Crippen LogP contribution in [0.4, 0.5) is 5.82 Å². The molecule has 4 N–H and O–H groups in total. The summed E-state index contributed by atoms with van der Waals surface area (Å²) in [6, 6.07) is -0.446. The minimum absolute atomic E-state index is 0.0321. The first-order valence-corrected chi connectivity index (χ1v) is 7.37. The second-order valence-corrected chi connectivity index (χ2v) is 6.25. The van der Waals surface area contributed by atoms with Gasteiger partial charge >= 0.3 is 0 Å². The molecule has 0 spiro atoms. The maximum Gasteiger partial charge on any atom is 0.260 e. The Labute approximate surface area is 106 Å². The molecule has 1 aliphatic rings. The number of nitrogens with one attached hydrogen (secondary N) is 1. The quantitative estimate of drug-likeness (QED) is 0.693. The molecule has 0 saturated heterocycles. The average molecular weight is 274 g/mol. The Bertz CT molecular complexity index is 506. The molecule has 0 bridgehead atoms. The van der Waals surface area contributed by atoms with Crippen molar-refractivity contribution < 1.29 is 13.5 Å². The fourth-order valence-corrected chi connectivity index (χ4v) is 3.81. The van der Waals surface area contributed by atoms with Crippen LogP contribution in [0.5, 0.6) is 0 Å². The minimum Gasteiger partial charge on any atom is -0.391 e. The Kier molecular flexibility index (Phi) is 3.60. The van der Waals surface area contributed by atoms with Crippen molar-refractivity contribution in [1.29, 1.82) is 0 Å². The molecule has 8 heteroatoms. The Morgan fingerprint density at radius 1 is 1.50 bits per heavy atom. The van der Waals surface area contributed by atoms with Crippen molar-refractivity contribution in [2.45, 2.75) is 42.9 Å². The van der Waals surface area contributed by atoms with Crippen LogP contribution in [-0.2, 0) is 17.1 Å². The molecule has 0 amide bonds. The second-order valence-electron chi connectivity index (χ2n) is 4.63. The fourth-order valence-electron chi connectivity index (χ4n) is 2.27. The Morgan fingerprint density at radius 3 is 2.72 bits per heavy atom. The molecule has 2 atom stereocenters. The number of aliphatic hydroxyl groups is 1. The Morgan fingerprint density at radius 2 is 2.17 bits per heavy atom. The lowest BCUT2D eigenvalue weighted by Crippen LogP contribution is -2.45. The maximum absolute atomic E-state index is 12.2. The number of aliphatic hydroxyl groups excluding tert-OH is 1. The highest BCUT2D eigenvalue weighted by Crippen LogP contribution is 2.22. The molecule has 2 rings (SSSR count). The Hall–Kier alpha value is -1.12. The van der Waals surface area contributed by atoms with Gasteiger partial charge < -0.3 is 15.4 Å². The molecular formula is C10H18N4O3S. The zero-order valence-electron chi connectivity index (χ0n) is 10.2. The lowest BCUT2D eigenvalue weighted by molar-refractivity contribution is 0.101. The largest absolute Gasteiger partial charge is 0.391 e. The molecule has 1 fully saturated rings. The van der Waals surface area contributed by atoms with E-state index in [1.54, 1.807) is 7.05 Å². The van der Waals surface area contributed by atoms with Crippen LogP contribution in [0, 0.1) is 0 Å². The van der Waals surface area contributed by atoms with E-state index in [0.29, 0.717) is 12.8 Å². The zero-order chi connectivity index (χ0) is 13.3. The standard InChI is InChI=1S/C10H18N4O3S/c1-14-6-12-9(11)10(14)18(16,17)13-7-4-2-3-5-8(7)15/h6-8,13,15H,2-5,11H2,1H3. The van der Waals surface area contributed by atoms with E-state index in [1.807, 2.05) is 0 Å². The van der Waals surface area contributed by atoms with E-state index in [4.69, 9.17) is 5.73 Å². The predicted octanol–water partition coefficient (Wildman–Crippen LogP) is -0.416. The van der Waals surface area contributed by atoms with E-state index in [2.05, 4.69) is 9.71 Å². The number of hydrogen-bond donors (Lipinski definition) is 3. The van der Waals surface area contributed by atoms with Crippen molar-refractivity contribution in [3.63, 3.8) is 0 Å². The molecule has 102 valence electrons. The van der Waals surface area contributed by atoms with E-state index in [-0.39, 0.29) is 10.8 Å². The number of nitrogens with zero attached hydrogens (tertiary/aromatic N) is 2. The minimum atomic E-state index is -3.75. The van der Waals surface area contributed by atoms with Gasteiger partial charge in [-0.3, -0.25) is 0 Å². The van der Waals surface area contributed by atoms with Crippen molar-refractivity contribution in [3.8, 4) is 0 Å². The van der Waals surface area contributed by atoms with E-state index in [9.17, 15) is 13.5 Å². The maximum atomic E-state index is 12.2. The van der Waals surface area contributed by atoms with Crippen LogP contribution in [-0.4, -0.2) is 35.2 Å². The molecule has 1 aliphatic carbocycles. The summed E-state index contributed by atoms with van der Waals surface area (Å²) in [5, 5.41) is 9.73. The third kappa shape index (κ3) is 2.50. The molecule has 1 saturated carbocycles. The number of nitrogen functional groups attached to an aromatic ring is 1. The summed E-state index contributed by atoms with van der Waals surface area (Å²) < 4.78 is 28.2. The molecular weight excluding hydrogens is 256 g/mol. The van der Waals surface area contributed by atoms with Gasteiger partial charge in [0, 0.05) is 13.1 Å². The van der Waals surface area contributed by atoms with Crippen LogP contribution in [0.25, 0.3) is 0 Å². The topological polar surface area (TPSA) is 110 Å². The normalized spacial score (nSPS) is 25.2. The smallest absolute Gasteiger partial charge is 0.260 e. The number of sulfonamides is 1.